The molecule has 0 radical (unpaired) electrons. The number of anilines is 1. The SMILES string of the molecule is Cc1sc(CNC2CC2)cc1CN(C)c1cccc(F)c1. The van der Waals surface area contributed by atoms with Crippen LogP contribution in [0.15, 0.2) is 30.3 Å². The molecule has 112 valence electrons. The van der Waals surface area contributed by atoms with E-state index in [1.165, 1.54) is 34.2 Å². The van der Waals surface area contributed by atoms with E-state index >= 15 is 0 Å². The summed E-state index contributed by atoms with van der Waals surface area (Å²) in [6.07, 6.45) is 2.64. The summed E-state index contributed by atoms with van der Waals surface area (Å²) in [6, 6.07) is 9.79. The van der Waals surface area contributed by atoms with Crippen molar-refractivity contribution in [1.29, 1.82) is 0 Å². The molecule has 0 unspecified atom stereocenters. The first-order valence-electron chi connectivity index (χ1n) is 7.40. The number of hydrogen-bond acceptors (Lipinski definition) is 3. The fourth-order valence-electron chi connectivity index (χ4n) is 2.42. The van der Waals surface area contributed by atoms with Crippen molar-refractivity contribution in [1.82, 2.24) is 5.32 Å². The monoisotopic (exact) mass is 304 g/mol. The molecule has 1 fully saturated rings. The van der Waals surface area contributed by atoms with Crippen LogP contribution in [-0.4, -0.2) is 13.1 Å². The lowest BCUT2D eigenvalue weighted by Gasteiger charge is -2.19. The van der Waals surface area contributed by atoms with Gasteiger partial charge in [0.05, 0.1) is 0 Å². The second kappa shape index (κ2) is 6.16. The van der Waals surface area contributed by atoms with Crippen molar-refractivity contribution >= 4 is 17.0 Å². The molecule has 0 amide bonds. The fourth-order valence-corrected chi connectivity index (χ4v) is 3.43. The highest BCUT2D eigenvalue weighted by atomic mass is 32.1. The summed E-state index contributed by atoms with van der Waals surface area (Å²) in [5.74, 6) is -0.185. The summed E-state index contributed by atoms with van der Waals surface area (Å²) in [5.41, 5.74) is 2.25. The first kappa shape index (κ1) is 14.5. The van der Waals surface area contributed by atoms with Crippen LogP contribution in [0.4, 0.5) is 10.1 Å². The lowest BCUT2D eigenvalue weighted by molar-refractivity contribution is 0.627. The quantitative estimate of drug-likeness (QED) is 0.865. The van der Waals surface area contributed by atoms with Gasteiger partial charge in [-0.3, -0.25) is 0 Å². The molecule has 3 rings (SSSR count). The molecule has 2 nitrogen and oxygen atoms in total. The van der Waals surface area contributed by atoms with Gasteiger partial charge in [-0.05, 0) is 49.6 Å². The zero-order valence-electron chi connectivity index (χ0n) is 12.5. The van der Waals surface area contributed by atoms with Crippen molar-refractivity contribution < 1.29 is 4.39 Å². The average molecular weight is 304 g/mol. The van der Waals surface area contributed by atoms with Gasteiger partial charge in [-0.15, -0.1) is 11.3 Å². The number of nitrogens with zero attached hydrogens (tertiary/aromatic N) is 1. The van der Waals surface area contributed by atoms with Gasteiger partial charge in [0.2, 0.25) is 0 Å². The molecule has 1 aliphatic carbocycles. The Labute approximate surface area is 129 Å². The lowest BCUT2D eigenvalue weighted by Crippen LogP contribution is -2.16. The third-order valence-electron chi connectivity index (χ3n) is 3.87. The van der Waals surface area contributed by atoms with Crippen LogP contribution in [0.3, 0.4) is 0 Å². The zero-order chi connectivity index (χ0) is 14.8. The molecular formula is C17H21FN2S. The van der Waals surface area contributed by atoms with Crippen LogP contribution < -0.4 is 10.2 Å². The molecule has 1 aromatic carbocycles. The van der Waals surface area contributed by atoms with Crippen molar-refractivity contribution in [3.8, 4) is 0 Å². The van der Waals surface area contributed by atoms with Crippen LogP contribution in [0.25, 0.3) is 0 Å². The summed E-state index contributed by atoms with van der Waals surface area (Å²) in [4.78, 5) is 4.84. The first-order chi connectivity index (χ1) is 10.1. The van der Waals surface area contributed by atoms with Gasteiger partial charge in [0.1, 0.15) is 5.82 Å². The average Bonchev–Trinajstić information content (AvgIpc) is 3.22. The summed E-state index contributed by atoms with van der Waals surface area (Å²) < 4.78 is 13.3. The minimum Gasteiger partial charge on any atom is -0.370 e. The Hall–Kier alpha value is -1.39. The van der Waals surface area contributed by atoms with E-state index in [0.717, 1.165) is 24.8 Å². The summed E-state index contributed by atoms with van der Waals surface area (Å²) >= 11 is 1.86. The predicted molar refractivity (Wildman–Crippen MR) is 87.4 cm³/mol. The number of benzene rings is 1. The smallest absolute Gasteiger partial charge is 0.125 e. The van der Waals surface area contributed by atoms with Crippen LogP contribution in [0.1, 0.15) is 28.2 Å². The molecule has 1 heterocycles. The van der Waals surface area contributed by atoms with E-state index < -0.39 is 0 Å². The lowest BCUT2D eigenvalue weighted by atomic mass is 10.2. The number of thiophene rings is 1. The molecule has 0 spiro atoms. The van der Waals surface area contributed by atoms with Crippen LogP contribution in [-0.2, 0) is 13.1 Å². The van der Waals surface area contributed by atoms with Gasteiger partial charge in [0.25, 0.3) is 0 Å². The van der Waals surface area contributed by atoms with Crippen molar-refractivity contribution in [3.63, 3.8) is 0 Å². The molecule has 2 aromatic rings. The van der Waals surface area contributed by atoms with Gasteiger partial charge < -0.3 is 10.2 Å². The molecule has 1 N–H and O–H groups in total. The molecule has 21 heavy (non-hydrogen) atoms. The minimum absolute atomic E-state index is 0.185. The van der Waals surface area contributed by atoms with Gasteiger partial charge >= 0.3 is 0 Å². The summed E-state index contributed by atoms with van der Waals surface area (Å²) in [6.45, 7) is 3.95. The van der Waals surface area contributed by atoms with Gasteiger partial charge in [0.15, 0.2) is 0 Å². The van der Waals surface area contributed by atoms with Gasteiger partial charge in [-0.1, -0.05) is 6.07 Å². The molecular weight excluding hydrogens is 283 g/mol. The van der Waals surface area contributed by atoms with E-state index in [1.54, 1.807) is 12.1 Å². The van der Waals surface area contributed by atoms with Crippen molar-refractivity contribution in [3.05, 3.63) is 51.5 Å². The highest BCUT2D eigenvalue weighted by Crippen LogP contribution is 2.26. The standard InChI is InChI=1S/C17H21FN2S/c1-12-13(8-17(21-12)10-19-15-6-7-15)11-20(2)16-5-3-4-14(18)9-16/h3-5,8-9,15,19H,6-7,10-11H2,1-2H3. The Morgan fingerprint density at radius 1 is 1.33 bits per heavy atom. The van der Waals surface area contributed by atoms with Crippen LogP contribution in [0.2, 0.25) is 0 Å². The summed E-state index contributed by atoms with van der Waals surface area (Å²) in [5, 5.41) is 3.55. The maximum Gasteiger partial charge on any atom is 0.125 e. The van der Waals surface area contributed by atoms with E-state index in [0.29, 0.717) is 0 Å². The topological polar surface area (TPSA) is 15.3 Å². The minimum atomic E-state index is -0.185. The van der Waals surface area contributed by atoms with Crippen LogP contribution >= 0.6 is 11.3 Å². The van der Waals surface area contributed by atoms with Gasteiger partial charge in [0, 0.05) is 41.6 Å². The number of hydrogen-bond donors (Lipinski definition) is 1. The molecule has 1 aromatic heterocycles. The highest BCUT2D eigenvalue weighted by Gasteiger charge is 2.20. The molecule has 0 bridgehead atoms. The Morgan fingerprint density at radius 3 is 2.86 bits per heavy atom. The highest BCUT2D eigenvalue weighted by molar-refractivity contribution is 7.12. The van der Waals surface area contributed by atoms with Gasteiger partial charge in [-0.25, -0.2) is 4.39 Å². The third kappa shape index (κ3) is 3.83. The normalized spacial score (nSPS) is 14.4. The molecule has 0 atom stereocenters. The van der Waals surface area contributed by atoms with Crippen LogP contribution in [0, 0.1) is 12.7 Å². The fraction of sp³-hybridized carbons (Fsp3) is 0.412. The number of aryl methyl sites for hydroxylation is 1. The van der Waals surface area contributed by atoms with Crippen molar-refractivity contribution in [2.45, 2.75) is 38.9 Å². The van der Waals surface area contributed by atoms with E-state index in [2.05, 4.69) is 23.2 Å². The van der Waals surface area contributed by atoms with E-state index in [-0.39, 0.29) is 5.82 Å². The van der Waals surface area contributed by atoms with Crippen molar-refractivity contribution in [2.24, 2.45) is 0 Å². The first-order valence-corrected chi connectivity index (χ1v) is 8.22. The van der Waals surface area contributed by atoms with E-state index in [9.17, 15) is 4.39 Å². The Balaban J connectivity index is 1.65. The number of rotatable bonds is 6. The van der Waals surface area contributed by atoms with Crippen molar-refractivity contribution in [2.75, 3.05) is 11.9 Å². The number of nitrogens with one attached hydrogen (secondary N) is 1. The molecule has 4 heteroatoms. The van der Waals surface area contributed by atoms with Crippen LogP contribution in [0.5, 0.6) is 0 Å². The maximum absolute atomic E-state index is 13.3. The third-order valence-corrected chi connectivity index (χ3v) is 4.96. The van der Waals surface area contributed by atoms with Gasteiger partial charge in [-0.2, -0.15) is 0 Å². The maximum atomic E-state index is 13.3. The predicted octanol–water partition coefficient (Wildman–Crippen LogP) is 4.08. The summed E-state index contributed by atoms with van der Waals surface area (Å²) in [7, 11) is 2.01. The second-order valence-corrected chi connectivity index (χ2v) is 7.13. The Kier molecular flexibility index (Phi) is 4.27. The largest absolute Gasteiger partial charge is 0.370 e. The molecule has 1 saturated carbocycles. The molecule has 1 aliphatic rings. The number of halogens is 1. The van der Waals surface area contributed by atoms with E-state index in [4.69, 9.17) is 0 Å². The molecule has 0 aliphatic heterocycles. The molecule has 0 saturated heterocycles. The zero-order valence-corrected chi connectivity index (χ0v) is 13.3. The van der Waals surface area contributed by atoms with E-state index in [1.807, 2.05) is 24.5 Å². The Bertz CT molecular complexity index is 619. The Morgan fingerprint density at radius 2 is 2.14 bits per heavy atom. The second-order valence-electron chi connectivity index (χ2n) is 5.79.